The summed E-state index contributed by atoms with van der Waals surface area (Å²) in [5.74, 6) is 0.570. The normalized spacial score (nSPS) is 10.7. The number of fused-ring (bicyclic) bond motifs is 1. The van der Waals surface area contributed by atoms with Crippen LogP contribution in [0.2, 0.25) is 0 Å². The number of rotatable bonds is 4. The second-order valence-electron chi connectivity index (χ2n) is 5.58. The summed E-state index contributed by atoms with van der Waals surface area (Å²) in [6, 6.07) is 16.2. The highest BCUT2D eigenvalue weighted by Crippen LogP contribution is 2.19. The molecule has 0 saturated carbocycles. The van der Waals surface area contributed by atoms with E-state index < -0.39 is 0 Å². The van der Waals surface area contributed by atoms with Crippen molar-refractivity contribution in [2.45, 2.75) is 0 Å². The van der Waals surface area contributed by atoms with Gasteiger partial charge in [0.15, 0.2) is 0 Å². The summed E-state index contributed by atoms with van der Waals surface area (Å²) in [5.41, 5.74) is 3.45. The van der Waals surface area contributed by atoms with Crippen LogP contribution in [0, 0.1) is 0 Å². The number of anilines is 1. The molecule has 0 spiro atoms. The molecule has 0 aliphatic heterocycles. The summed E-state index contributed by atoms with van der Waals surface area (Å²) in [7, 11) is 1.62. The standard InChI is InChI=1S/C19H15N5O2/c1-26-16-5-3-15(4-6-16)24-22-17-7-2-14(12-18(17)23-24)21-19(25)13-8-10-20-11-9-13/h2-12H,1H3,(H,21,25). The maximum atomic E-state index is 12.2. The Morgan fingerprint density at radius 3 is 2.42 bits per heavy atom. The molecule has 0 atom stereocenters. The van der Waals surface area contributed by atoms with Gasteiger partial charge in [-0.3, -0.25) is 9.78 Å². The van der Waals surface area contributed by atoms with Crippen LogP contribution in [0.4, 0.5) is 5.69 Å². The fourth-order valence-corrected chi connectivity index (χ4v) is 2.53. The first-order valence-corrected chi connectivity index (χ1v) is 7.96. The first-order chi connectivity index (χ1) is 12.7. The molecule has 0 radical (unpaired) electrons. The van der Waals surface area contributed by atoms with Gasteiger partial charge < -0.3 is 10.1 Å². The summed E-state index contributed by atoms with van der Waals surface area (Å²) in [4.78, 5) is 17.7. The van der Waals surface area contributed by atoms with Crippen LogP contribution in [-0.4, -0.2) is 33.0 Å². The van der Waals surface area contributed by atoms with Crippen LogP contribution in [0.15, 0.2) is 67.0 Å². The predicted octanol–water partition coefficient (Wildman–Crippen LogP) is 3.08. The highest BCUT2D eigenvalue weighted by atomic mass is 16.5. The minimum absolute atomic E-state index is 0.200. The zero-order chi connectivity index (χ0) is 17.9. The van der Waals surface area contributed by atoms with Crippen molar-refractivity contribution >= 4 is 22.6 Å². The lowest BCUT2D eigenvalue weighted by atomic mass is 10.2. The van der Waals surface area contributed by atoms with Crippen LogP contribution in [-0.2, 0) is 0 Å². The average Bonchev–Trinajstić information content (AvgIpc) is 3.12. The molecule has 0 unspecified atom stereocenters. The minimum Gasteiger partial charge on any atom is -0.497 e. The Balaban J connectivity index is 1.60. The van der Waals surface area contributed by atoms with Gasteiger partial charge >= 0.3 is 0 Å². The maximum absolute atomic E-state index is 12.2. The van der Waals surface area contributed by atoms with Crippen molar-refractivity contribution < 1.29 is 9.53 Å². The summed E-state index contributed by atoms with van der Waals surface area (Å²) < 4.78 is 5.16. The molecule has 4 aromatic rings. The fourth-order valence-electron chi connectivity index (χ4n) is 2.53. The van der Waals surface area contributed by atoms with Gasteiger partial charge in [0.05, 0.1) is 12.8 Å². The topological polar surface area (TPSA) is 81.9 Å². The van der Waals surface area contributed by atoms with E-state index in [4.69, 9.17) is 4.74 Å². The van der Waals surface area contributed by atoms with Crippen molar-refractivity contribution in [3.05, 3.63) is 72.6 Å². The quantitative estimate of drug-likeness (QED) is 0.615. The number of hydrogen-bond acceptors (Lipinski definition) is 5. The number of hydrogen-bond donors (Lipinski definition) is 1. The summed E-state index contributed by atoms with van der Waals surface area (Å²) in [6.07, 6.45) is 3.16. The number of pyridine rings is 1. The third-order valence-corrected chi connectivity index (χ3v) is 3.88. The summed E-state index contributed by atoms with van der Waals surface area (Å²) in [6.45, 7) is 0. The molecule has 26 heavy (non-hydrogen) atoms. The van der Waals surface area contributed by atoms with Gasteiger partial charge in [-0.1, -0.05) is 0 Å². The van der Waals surface area contributed by atoms with Crippen molar-refractivity contribution in [2.24, 2.45) is 0 Å². The largest absolute Gasteiger partial charge is 0.497 e. The predicted molar refractivity (Wildman–Crippen MR) is 97.6 cm³/mol. The Morgan fingerprint density at radius 1 is 0.962 bits per heavy atom. The lowest BCUT2D eigenvalue weighted by Gasteiger charge is -2.04. The van der Waals surface area contributed by atoms with Gasteiger partial charge in [0.2, 0.25) is 0 Å². The van der Waals surface area contributed by atoms with E-state index in [0.717, 1.165) is 17.0 Å². The Kier molecular flexibility index (Phi) is 4.03. The van der Waals surface area contributed by atoms with E-state index >= 15 is 0 Å². The van der Waals surface area contributed by atoms with Gasteiger partial charge in [-0.25, -0.2) is 0 Å². The number of benzene rings is 2. The number of nitrogens with one attached hydrogen (secondary N) is 1. The zero-order valence-corrected chi connectivity index (χ0v) is 14.0. The van der Waals surface area contributed by atoms with Crippen LogP contribution in [0.1, 0.15) is 10.4 Å². The van der Waals surface area contributed by atoms with E-state index in [1.807, 2.05) is 30.3 Å². The van der Waals surface area contributed by atoms with E-state index in [0.29, 0.717) is 16.8 Å². The smallest absolute Gasteiger partial charge is 0.255 e. The molecular weight excluding hydrogens is 330 g/mol. The third-order valence-electron chi connectivity index (χ3n) is 3.88. The van der Waals surface area contributed by atoms with Crippen molar-refractivity contribution in [3.8, 4) is 11.4 Å². The molecular formula is C19H15N5O2. The molecule has 0 aliphatic carbocycles. The Labute approximate surface area is 149 Å². The third kappa shape index (κ3) is 3.10. The molecule has 1 amide bonds. The first kappa shape index (κ1) is 15.8. The average molecular weight is 345 g/mol. The van der Waals surface area contributed by atoms with Gasteiger partial charge in [-0.2, -0.15) is 4.80 Å². The maximum Gasteiger partial charge on any atom is 0.255 e. The number of ether oxygens (including phenoxy) is 1. The van der Waals surface area contributed by atoms with Crippen LogP contribution in [0.25, 0.3) is 16.7 Å². The molecule has 128 valence electrons. The van der Waals surface area contributed by atoms with Crippen molar-refractivity contribution in [1.82, 2.24) is 20.0 Å². The van der Waals surface area contributed by atoms with Crippen molar-refractivity contribution in [1.29, 1.82) is 0 Å². The lowest BCUT2D eigenvalue weighted by Crippen LogP contribution is -2.11. The molecule has 0 bridgehead atoms. The number of nitrogens with zero attached hydrogens (tertiary/aromatic N) is 4. The van der Waals surface area contributed by atoms with Crippen molar-refractivity contribution in [3.63, 3.8) is 0 Å². The molecule has 7 nitrogen and oxygen atoms in total. The molecule has 0 aliphatic rings. The molecule has 1 N–H and O–H groups in total. The van der Waals surface area contributed by atoms with Gasteiger partial charge in [0, 0.05) is 23.6 Å². The van der Waals surface area contributed by atoms with E-state index in [1.165, 1.54) is 0 Å². The van der Waals surface area contributed by atoms with E-state index in [-0.39, 0.29) is 5.91 Å². The Hall–Kier alpha value is -3.74. The molecule has 2 heterocycles. The van der Waals surface area contributed by atoms with Crippen LogP contribution < -0.4 is 10.1 Å². The molecule has 0 fully saturated rings. The number of aromatic nitrogens is 4. The Bertz CT molecular complexity index is 1060. The first-order valence-electron chi connectivity index (χ1n) is 7.96. The van der Waals surface area contributed by atoms with Gasteiger partial charge in [-0.15, -0.1) is 10.2 Å². The SMILES string of the molecule is COc1ccc(-n2nc3ccc(NC(=O)c4ccncc4)cc3n2)cc1. The molecule has 2 aromatic heterocycles. The number of methoxy groups -OCH3 is 1. The van der Waals surface area contributed by atoms with E-state index in [1.54, 1.807) is 48.6 Å². The van der Waals surface area contributed by atoms with Crippen LogP contribution in [0.3, 0.4) is 0 Å². The number of carbonyl (C=O) groups excluding carboxylic acids is 1. The second kappa shape index (κ2) is 6.64. The van der Waals surface area contributed by atoms with Gasteiger partial charge in [0.25, 0.3) is 5.91 Å². The van der Waals surface area contributed by atoms with Crippen molar-refractivity contribution in [2.75, 3.05) is 12.4 Å². The molecule has 4 rings (SSSR count). The summed E-state index contributed by atoms with van der Waals surface area (Å²) >= 11 is 0. The van der Waals surface area contributed by atoms with E-state index in [2.05, 4.69) is 20.5 Å². The lowest BCUT2D eigenvalue weighted by molar-refractivity contribution is 0.102. The Morgan fingerprint density at radius 2 is 1.69 bits per heavy atom. The van der Waals surface area contributed by atoms with E-state index in [9.17, 15) is 4.79 Å². The molecule has 7 heteroatoms. The monoisotopic (exact) mass is 345 g/mol. The van der Waals surface area contributed by atoms with Crippen LogP contribution in [0.5, 0.6) is 5.75 Å². The number of carbonyl (C=O) groups is 1. The molecule has 2 aromatic carbocycles. The molecule has 0 saturated heterocycles. The zero-order valence-electron chi connectivity index (χ0n) is 14.0. The number of amides is 1. The van der Waals surface area contributed by atoms with Gasteiger partial charge in [-0.05, 0) is 54.6 Å². The minimum atomic E-state index is -0.200. The highest BCUT2D eigenvalue weighted by molar-refractivity contribution is 6.04. The second-order valence-corrected chi connectivity index (χ2v) is 5.58. The highest BCUT2D eigenvalue weighted by Gasteiger charge is 2.09. The van der Waals surface area contributed by atoms with Crippen LogP contribution >= 0.6 is 0 Å². The van der Waals surface area contributed by atoms with Gasteiger partial charge in [0.1, 0.15) is 16.8 Å². The summed E-state index contributed by atoms with van der Waals surface area (Å²) in [5, 5.41) is 11.8. The fraction of sp³-hybridized carbons (Fsp3) is 0.0526.